The predicted octanol–water partition coefficient (Wildman–Crippen LogP) is 1.90. The lowest BCUT2D eigenvalue weighted by Gasteiger charge is -2.36. The fourth-order valence-electron chi connectivity index (χ4n) is 2.87. The van der Waals surface area contributed by atoms with Gasteiger partial charge in [0.2, 0.25) is 0 Å². The molecule has 0 amide bonds. The van der Waals surface area contributed by atoms with Gasteiger partial charge in [0.05, 0.1) is 12.7 Å². The highest BCUT2D eigenvalue weighted by molar-refractivity contribution is 5.34. The van der Waals surface area contributed by atoms with E-state index >= 15 is 0 Å². The minimum Gasteiger partial charge on any atom is -0.376 e. The van der Waals surface area contributed by atoms with Gasteiger partial charge in [-0.05, 0) is 30.5 Å². The summed E-state index contributed by atoms with van der Waals surface area (Å²) < 4.78 is 5.68. The first-order valence-electron chi connectivity index (χ1n) is 6.89. The zero-order chi connectivity index (χ0) is 12.5. The molecule has 3 rings (SSSR count). The summed E-state index contributed by atoms with van der Waals surface area (Å²) >= 11 is 0. The van der Waals surface area contributed by atoms with Crippen molar-refractivity contribution in [1.82, 2.24) is 10.2 Å². The minimum absolute atomic E-state index is 0.359. The molecule has 18 heavy (non-hydrogen) atoms. The van der Waals surface area contributed by atoms with Crippen LogP contribution in [0.4, 0.5) is 0 Å². The van der Waals surface area contributed by atoms with E-state index in [-0.39, 0.29) is 0 Å². The molecule has 1 saturated heterocycles. The third kappa shape index (κ3) is 2.44. The Morgan fingerprint density at radius 3 is 3.00 bits per heavy atom. The lowest BCUT2D eigenvalue weighted by atomic mass is 10.1. The number of rotatable bonds is 2. The van der Waals surface area contributed by atoms with Gasteiger partial charge in [0, 0.05) is 32.2 Å². The molecular weight excluding hydrogens is 224 g/mol. The number of nitrogens with one attached hydrogen (secondary N) is 1. The minimum atomic E-state index is 0.359. The molecule has 2 unspecified atom stereocenters. The topological polar surface area (TPSA) is 24.5 Å². The second kappa shape index (κ2) is 5.00. The van der Waals surface area contributed by atoms with E-state index in [4.69, 9.17) is 4.74 Å². The first-order chi connectivity index (χ1) is 8.72. The molecule has 3 heteroatoms. The number of hydrogen-bond donors (Lipinski definition) is 1. The van der Waals surface area contributed by atoms with Gasteiger partial charge in [-0.1, -0.05) is 18.2 Å². The van der Waals surface area contributed by atoms with Crippen molar-refractivity contribution in [3.05, 3.63) is 34.9 Å². The van der Waals surface area contributed by atoms with Crippen LogP contribution in [0.3, 0.4) is 0 Å². The summed E-state index contributed by atoms with van der Waals surface area (Å²) in [4.78, 5) is 2.53. The molecule has 98 valence electrons. The van der Waals surface area contributed by atoms with Crippen molar-refractivity contribution in [3.8, 4) is 0 Å². The smallest absolute Gasteiger partial charge is 0.0674 e. The van der Waals surface area contributed by atoms with Gasteiger partial charge in [-0.2, -0.15) is 0 Å². The molecular formula is C15H22N2O. The first kappa shape index (κ1) is 12.2. The Balaban J connectivity index is 1.72. The lowest BCUT2D eigenvalue weighted by molar-refractivity contribution is -0.0526. The van der Waals surface area contributed by atoms with Gasteiger partial charge >= 0.3 is 0 Å². The van der Waals surface area contributed by atoms with E-state index in [0.717, 1.165) is 32.8 Å². The van der Waals surface area contributed by atoms with Crippen molar-refractivity contribution >= 4 is 0 Å². The summed E-state index contributed by atoms with van der Waals surface area (Å²) in [5, 5.41) is 3.40. The molecule has 2 aliphatic rings. The summed E-state index contributed by atoms with van der Waals surface area (Å²) in [7, 11) is 0. The Bertz CT molecular complexity index is 433. The number of hydrogen-bond acceptors (Lipinski definition) is 3. The van der Waals surface area contributed by atoms with Crippen LogP contribution in [0.2, 0.25) is 0 Å². The average molecular weight is 246 g/mol. The standard InChI is InChI=1S/C15H22N2O/c1-11-10-18-12(2)8-17(11)9-13-3-4-14-6-16-7-15(14)5-13/h3-5,11-12,16H,6-10H2,1-2H3. The molecule has 0 saturated carbocycles. The number of ether oxygens (including phenoxy) is 1. The molecule has 0 aromatic heterocycles. The quantitative estimate of drug-likeness (QED) is 0.862. The van der Waals surface area contributed by atoms with Crippen molar-refractivity contribution in [1.29, 1.82) is 0 Å². The summed E-state index contributed by atoms with van der Waals surface area (Å²) in [6.07, 6.45) is 0.359. The highest BCUT2D eigenvalue weighted by atomic mass is 16.5. The van der Waals surface area contributed by atoms with E-state index in [0.29, 0.717) is 12.1 Å². The van der Waals surface area contributed by atoms with Crippen LogP contribution >= 0.6 is 0 Å². The van der Waals surface area contributed by atoms with E-state index in [2.05, 4.69) is 42.3 Å². The van der Waals surface area contributed by atoms with Crippen LogP contribution in [0.15, 0.2) is 18.2 Å². The molecule has 1 N–H and O–H groups in total. The number of morpholine rings is 1. The Labute approximate surface area is 109 Å². The van der Waals surface area contributed by atoms with Crippen molar-refractivity contribution in [2.24, 2.45) is 0 Å². The van der Waals surface area contributed by atoms with Crippen LogP contribution in [0.1, 0.15) is 30.5 Å². The molecule has 2 aliphatic heterocycles. The van der Waals surface area contributed by atoms with Crippen molar-refractivity contribution in [2.75, 3.05) is 13.2 Å². The van der Waals surface area contributed by atoms with Crippen LogP contribution in [0, 0.1) is 0 Å². The van der Waals surface area contributed by atoms with Gasteiger partial charge in [0.25, 0.3) is 0 Å². The largest absolute Gasteiger partial charge is 0.376 e. The monoisotopic (exact) mass is 246 g/mol. The molecule has 2 atom stereocenters. The molecule has 1 aromatic rings. The van der Waals surface area contributed by atoms with Crippen molar-refractivity contribution in [3.63, 3.8) is 0 Å². The van der Waals surface area contributed by atoms with E-state index in [1.54, 1.807) is 0 Å². The maximum atomic E-state index is 5.68. The fourth-order valence-corrected chi connectivity index (χ4v) is 2.87. The number of fused-ring (bicyclic) bond motifs is 1. The highest BCUT2D eigenvalue weighted by Crippen LogP contribution is 2.20. The maximum Gasteiger partial charge on any atom is 0.0674 e. The van der Waals surface area contributed by atoms with Crippen LogP contribution < -0.4 is 5.32 Å². The van der Waals surface area contributed by atoms with Gasteiger partial charge < -0.3 is 10.1 Å². The Hall–Kier alpha value is -0.900. The predicted molar refractivity (Wildman–Crippen MR) is 72.3 cm³/mol. The van der Waals surface area contributed by atoms with Crippen LogP contribution in [-0.2, 0) is 24.4 Å². The van der Waals surface area contributed by atoms with Gasteiger partial charge in [-0.3, -0.25) is 4.90 Å². The summed E-state index contributed by atoms with van der Waals surface area (Å²) in [5.74, 6) is 0. The number of nitrogens with zero attached hydrogens (tertiary/aromatic N) is 1. The lowest BCUT2D eigenvalue weighted by Crippen LogP contribution is -2.46. The van der Waals surface area contributed by atoms with Gasteiger partial charge in [-0.15, -0.1) is 0 Å². The first-order valence-corrected chi connectivity index (χ1v) is 6.89. The average Bonchev–Trinajstić information content (AvgIpc) is 2.81. The molecule has 1 fully saturated rings. The van der Waals surface area contributed by atoms with Crippen LogP contribution in [-0.4, -0.2) is 30.2 Å². The second-order valence-electron chi connectivity index (χ2n) is 5.63. The molecule has 0 bridgehead atoms. The molecule has 2 heterocycles. The Morgan fingerprint density at radius 1 is 1.28 bits per heavy atom. The SMILES string of the molecule is CC1CN(Cc2ccc3c(c2)CNC3)C(C)CO1. The van der Waals surface area contributed by atoms with Crippen LogP contribution in [0.25, 0.3) is 0 Å². The Morgan fingerprint density at radius 2 is 2.11 bits per heavy atom. The zero-order valence-corrected chi connectivity index (χ0v) is 11.3. The van der Waals surface area contributed by atoms with E-state index < -0.39 is 0 Å². The zero-order valence-electron chi connectivity index (χ0n) is 11.3. The number of benzene rings is 1. The molecule has 0 spiro atoms. The Kier molecular flexibility index (Phi) is 3.37. The van der Waals surface area contributed by atoms with Gasteiger partial charge in [0.15, 0.2) is 0 Å². The van der Waals surface area contributed by atoms with Crippen molar-refractivity contribution in [2.45, 2.75) is 45.6 Å². The summed E-state index contributed by atoms with van der Waals surface area (Å²) in [6, 6.07) is 7.44. The van der Waals surface area contributed by atoms with Crippen LogP contribution in [0.5, 0.6) is 0 Å². The third-order valence-electron chi connectivity index (χ3n) is 4.02. The van der Waals surface area contributed by atoms with Crippen molar-refractivity contribution < 1.29 is 4.74 Å². The van der Waals surface area contributed by atoms with Gasteiger partial charge in [0.1, 0.15) is 0 Å². The molecule has 0 aliphatic carbocycles. The maximum absolute atomic E-state index is 5.68. The summed E-state index contributed by atoms with van der Waals surface area (Å²) in [5.41, 5.74) is 4.36. The van der Waals surface area contributed by atoms with E-state index in [9.17, 15) is 0 Å². The molecule has 0 radical (unpaired) electrons. The third-order valence-corrected chi connectivity index (χ3v) is 4.02. The normalized spacial score (nSPS) is 28.3. The summed E-state index contributed by atoms with van der Waals surface area (Å²) in [6.45, 7) is 9.40. The molecule has 3 nitrogen and oxygen atoms in total. The van der Waals surface area contributed by atoms with E-state index in [1.165, 1.54) is 16.7 Å². The highest BCUT2D eigenvalue weighted by Gasteiger charge is 2.23. The van der Waals surface area contributed by atoms with Gasteiger partial charge in [-0.25, -0.2) is 0 Å². The second-order valence-corrected chi connectivity index (χ2v) is 5.63. The fraction of sp³-hybridized carbons (Fsp3) is 0.600. The van der Waals surface area contributed by atoms with E-state index in [1.807, 2.05) is 0 Å². The molecule has 1 aromatic carbocycles.